The van der Waals surface area contributed by atoms with E-state index in [2.05, 4.69) is 20.3 Å². The maximum absolute atomic E-state index is 13.0. The third kappa shape index (κ3) is 3.66. The number of rotatable bonds is 4. The fourth-order valence-corrected chi connectivity index (χ4v) is 3.98. The molecule has 34 heavy (non-hydrogen) atoms. The smallest absolute Gasteiger partial charge is 0.346 e. The Balaban J connectivity index is 1.59. The molecule has 0 spiro atoms. The number of hydrogen-bond acceptors (Lipinski definition) is 4. The Morgan fingerprint density at radius 1 is 1.09 bits per heavy atom. The number of alkyl halides is 3. The van der Waals surface area contributed by atoms with Gasteiger partial charge in [-0.05, 0) is 55.5 Å². The minimum atomic E-state index is -4.41. The van der Waals surface area contributed by atoms with Crippen LogP contribution in [0.25, 0.3) is 27.8 Å². The number of carbonyl (C=O) groups excluding carboxylic acids is 1. The van der Waals surface area contributed by atoms with Crippen LogP contribution in [0.5, 0.6) is 0 Å². The molecular formula is C24H19F3N6O. The van der Waals surface area contributed by atoms with E-state index in [1.54, 1.807) is 35.0 Å². The lowest BCUT2D eigenvalue weighted by Gasteiger charge is -2.10. The summed E-state index contributed by atoms with van der Waals surface area (Å²) >= 11 is 0. The Morgan fingerprint density at radius 3 is 2.53 bits per heavy atom. The maximum atomic E-state index is 13.0. The lowest BCUT2D eigenvalue weighted by molar-refractivity contribution is -0.137. The summed E-state index contributed by atoms with van der Waals surface area (Å²) in [5.74, 6) is 0.473. The Bertz CT molecular complexity index is 1520. The highest BCUT2D eigenvalue weighted by molar-refractivity contribution is 6.09. The van der Waals surface area contributed by atoms with E-state index in [1.165, 1.54) is 18.5 Å². The predicted octanol–water partition coefficient (Wildman–Crippen LogP) is 4.56. The fraction of sp³-hybridized carbons (Fsp3) is 0.167. The quantitative estimate of drug-likeness (QED) is 0.423. The number of carbonyl (C=O) groups is 1. The molecule has 0 saturated carbocycles. The molecule has 172 valence electrons. The Hall–Kier alpha value is -4.21. The first kappa shape index (κ1) is 21.6. The molecule has 0 unspecified atom stereocenters. The standard InChI is InChI=1S/C24H19F3N6O/c1-14-31-22-21(32(14)2)19-11-15(23(34)29-12-17-9-10-28-13-30-17)3-8-20(19)33(22)18-6-4-16(5-7-18)24(25,26)27/h3-11,13H,12H2,1-2H3,(H,29,34). The van der Waals surface area contributed by atoms with Gasteiger partial charge in [0, 0.05) is 29.9 Å². The molecule has 0 aliphatic heterocycles. The highest BCUT2D eigenvalue weighted by Gasteiger charge is 2.30. The second-order valence-electron chi connectivity index (χ2n) is 7.89. The number of fused-ring (bicyclic) bond motifs is 3. The normalized spacial score (nSPS) is 11.9. The van der Waals surface area contributed by atoms with E-state index in [1.807, 2.05) is 18.5 Å². The summed E-state index contributed by atoms with van der Waals surface area (Å²) in [5.41, 5.74) is 3.09. The van der Waals surface area contributed by atoms with Gasteiger partial charge in [-0.1, -0.05) is 0 Å². The van der Waals surface area contributed by atoms with Crippen molar-refractivity contribution in [2.24, 2.45) is 7.05 Å². The number of hydrogen-bond donors (Lipinski definition) is 1. The van der Waals surface area contributed by atoms with E-state index in [0.717, 1.165) is 34.4 Å². The van der Waals surface area contributed by atoms with E-state index < -0.39 is 11.7 Å². The summed E-state index contributed by atoms with van der Waals surface area (Å²) in [7, 11) is 1.86. The van der Waals surface area contributed by atoms with Crippen molar-refractivity contribution in [3.8, 4) is 5.69 Å². The second kappa shape index (κ2) is 7.98. The van der Waals surface area contributed by atoms with Crippen molar-refractivity contribution < 1.29 is 18.0 Å². The molecule has 0 fully saturated rings. The van der Waals surface area contributed by atoms with Gasteiger partial charge >= 0.3 is 6.18 Å². The summed E-state index contributed by atoms with van der Waals surface area (Å²) in [5, 5.41) is 3.61. The number of benzene rings is 2. The minimum Gasteiger partial charge on any atom is -0.346 e. The lowest BCUT2D eigenvalue weighted by Crippen LogP contribution is -2.23. The Kier molecular flexibility index (Phi) is 5.07. The molecule has 0 aliphatic rings. The number of aryl methyl sites for hydroxylation is 2. The second-order valence-corrected chi connectivity index (χ2v) is 7.89. The van der Waals surface area contributed by atoms with Crippen LogP contribution >= 0.6 is 0 Å². The predicted molar refractivity (Wildman–Crippen MR) is 120 cm³/mol. The number of nitrogens with one attached hydrogen (secondary N) is 1. The van der Waals surface area contributed by atoms with Gasteiger partial charge in [0.15, 0.2) is 5.65 Å². The van der Waals surface area contributed by atoms with Gasteiger partial charge < -0.3 is 9.88 Å². The van der Waals surface area contributed by atoms with Gasteiger partial charge in [0.05, 0.1) is 28.8 Å². The van der Waals surface area contributed by atoms with Gasteiger partial charge in [0.25, 0.3) is 5.91 Å². The highest BCUT2D eigenvalue weighted by Crippen LogP contribution is 2.34. The van der Waals surface area contributed by atoms with Gasteiger partial charge in [-0.15, -0.1) is 0 Å². The molecule has 5 rings (SSSR count). The van der Waals surface area contributed by atoms with Crippen LogP contribution < -0.4 is 5.32 Å². The molecular weight excluding hydrogens is 445 g/mol. The van der Waals surface area contributed by atoms with E-state index >= 15 is 0 Å². The molecule has 10 heteroatoms. The SMILES string of the molecule is Cc1nc2c(c3cc(C(=O)NCc4ccncn4)ccc3n2-c2ccc(C(F)(F)F)cc2)n1C. The van der Waals surface area contributed by atoms with Crippen LogP contribution in [0.1, 0.15) is 27.4 Å². The third-order valence-corrected chi connectivity index (χ3v) is 5.79. The molecule has 1 N–H and O–H groups in total. The monoisotopic (exact) mass is 464 g/mol. The largest absolute Gasteiger partial charge is 0.416 e. The van der Waals surface area contributed by atoms with Crippen LogP contribution in [0.15, 0.2) is 61.1 Å². The van der Waals surface area contributed by atoms with Crippen molar-refractivity contribution in [3.05, 3.63) is 83.7 Å². The summed E-state index contributed by atoms with van der Waals surface area (Å²) in [6.07, 6.45) is -1.40. The van der Waals surface area contributed by atoms with Gasteiger partial charge in [0.1, 0.15) is 12.2 Å². The van der Waals surface area contributed by atoms with Crippen LogP contribution in [0.2, 0.25) is 0 Å². The van der Waals surface area contributed by atoms with Gasteiger partial charge in [0.2, 0.25) is 0 Å². The molecule has 3 aromatic heterocycles. The average Bonchev–Trinajstić information content (AvgIpc) is 3.30. The minimum absolute atomic E-state index is 0.256. The van der Waals surface area contributed by atoms with Crippen LogP contribution in [0, 0.1) is 6.92 Å². The van der Waals surface area contributed by atoms with Crippen molar-refractivity contribution in [2.45, 2.75) is 19.6 Å². The number of imidazole rings is 1. The molecule has 5 aromatic rings. The van der Waals surface area contributed by atoms with Crippen molar-refractivity contribution in [1.82, 2.24) is 29.4 Å². The molecule has 1 amide bonds. The molecule has 7 nitrogen and oxygen atoms in total. The van der Waals surface area contributed by atoms with Crippen molar-refractivity contribution in [3.63, 3.8) is 0 Å². The zero-order chi connectivity index (χ0) is 24.0. The highest BCUT2D eigenvalue weighted by atomic mass is 19.4. The molecule has 0 atom stereocenters. The fourth-order valence-electron chi connectivity index (χ4n) is 3.98. The van der Waals surface area contributed by atoms with Crippen LogP contribution in [-0.2, 0) is 19.8 Å². The number of amides is 1. The zero-order valence-corrected chi connectivity index (χ0v) is 18.3. The molecule has 3 heterocycles. The molecule has 2 aromatic carbocycles. The number of aromatic nitrogens is 5. The molecule has 0 aliphatic carbocycles. The molecule has 0 radical (unpaired) electrons. The molecule has 0 saturated heterocycles. The number of halogens is 3. The number of nitrogens with zero attached hydrogens (tertiary/aromatic N) is 5. The van der Waals surface area contributed by atoms with Crippen LogP contribution in [-0.4, -0.2) is 30.0 Å². The summed E-state index contributed by atoms with van der Waals surface area (Å²) < 4.78 is 42.9. The van der Waals surface area contributed by atoms with Gasteiger partial charge in [-0.2, -0.15) is 13.2 Å². The first-order chi connectivity index (χ1) is 16.2. The van der Waals surface area contributed by atoms with Gasteiger partial charge in [-0.25, -0.2) is 15.0 Å². The Labute approximate surface area is 191 Å². The van der Waals surface area contributed by atoms with Crippen molar-refractivity contribution in [2.75, 3.05) is 0 Å². The van der Waals surface area contributed by atoms with E-state index in [-0.39, 0.29) is 12.5 Å². The first-order valence-electron chi connectivity index (χ1n) is 10.4. The lowest BCUT2D eigenvalue weighted by atomic mass is 10.1. The van der Waals surface area contributed by atoms with E-state index in [0.29, 0.717) is 22.6 Å². The zero-order valence-electron chi connectivity index (χ0n) is 18.3. The average molecular weight is 464 g/mol. The van der Waals surface area contributed by atoms with Crippen molar-refractivity contribution >= 4 is 28.0 Å². The summed E-state index contributed by atoms with van der Waals surface area (Å²) in [6, 6.07) is 11.9. The van der Waals surface area contributed by atoms with Crippen molar-refractivity contribution in [1.29, 1.82) is 0 Å². The molecule has 0 bridgehead atoms. The van der Waals surface area contributed by atoms with Crippen LogP contribution in [0.3, 0.4) is 0 Å². The Morgan fingerprint density at radius 2 is 1.85 bits per heavy atom. The first-order valence-corrected chi connectivity index (χ1v) is 10.4. The summed E-state index contributed by atoms with van der Waals surface area (Å²) in [4.78, 5) is 25.4. The van der Waals surface area contributed by atoms with Crippen LogP contribution in [0.4, 0.5) is 13.2 Å². The maximum Gasteiger partial charge on any atom is 0.416 e. The van der Waals surface area contributed by atoms with Gasteiger partial charge in [-0.3, -0.25) is 9.36 Å². The topological polar surface area (TPSA) is 77.6 Å². The van der Waals surface area contributed by atoms with E-state index in [9.17, 15) is 18.0 Å². The van der Waals surface area contributed by atoms with E-state index in [4.69, 9.17) is 0 Å². The summed E-state index contributed by atoms with van der Waals surface area (Å²) in [6.45, 7) is 2.10. The third-order valence-electron chi connectivity index (χ3n) is 5.79.